The number of nitrogens with one attached hydrogen (secondary N) is 1. The Hall–Kier alpha value is -3.58. The number of carbonyl (C=O) groups is 1. The summed E-state index contributed by atoms with van der Waals surface area (Å²) >= 11 is 0. The van der Waals surface area contributed by atoms with Gasteiger partial charge in [-0.05, 0) is 6.07 Å². The van der Waals surface area contributed by atoms with Crippen molar-refractivity contribution in [3.8, 4) is 0 Å². The molecule has 2 aromatic carbocycles. The number of rotatable bonds is 6. The van der Waals surface area contributed by atoms with Gasteiger partial charge in [0.25, 0.3) is 5.91 Å². The maximum atomic E-state index is 12.5. The minimum absolute atomic E-state index is 0.122. The van der Waals surface area contributed by atoms with E-state index in [0.29, 0.717) is 6.54 Å². The lowest BCUT2D eigenvalue weighted by molar-refractivity contribution is -0.122. The van der Waals surface area contributed by atoms with Crippen molar-refractivity contribution in [1.82, 2.24) is 20.3 Å². The van der Waals surface area contributed by atoms with Gasteiger partial charge in [0.1, 0.15) is 0 Å². The molecule has 0 aliphatic carbocycles. The van der Waals surface area contributed by atoms with Crippen LogP contribution in [0.5, 0.6) is 0 Å². The van der Waals surface area contributed by atoms with E-state index in [1.54, 1.807) is 12.4 Å². The zero-order valence-electron chi connectivity index (χ0n) is 16.7. The minimum Gasteiger partial charge on any atom is -0.338 e. The Morgan fingerprint density at radius 1 is 0.833 bits per heavy atom. The van der Waals surface area contributed by atoms with E-state index in [9.17, 15) is 4.79 Å². The second kappa shape index (κ2) is 9.76. The fourth-order valence-electron chi connectivity index (χ4n) is 3.41. The van der Waals surface area contributed by atoms with Crippen LogP contribution in [0, 0.1) is 0 Å². The van der Waals surface area contributed by atoms with Gasteiger partial charge in [0.05, 0.1) is 12.3 Å². The largest absolute Gasteiger partial charge is 0.338 e. The molecule has 1 fully saturated rings. The molecule has 7 nitrogen and oxygen atoms in total. The number of hydrazone groups is 1. The Kier molecular flexibility index (Phi) is 6.41. The molecule has 7 heteroatoms. The van der Waals surface area contributed by atoms with Crippen LogP contribution in [-0.2, 0) is 4.79 Å². The van der Waals surface area contributed by atoms with E-state index >= 15 is 0 Å². The molecular weight excluding hydrogens is 376 g/mol. The number of nitrogens with zero attached hydrogens (tertiary/aromatic N) is 5. The Balaban J connectivity index is 1.36. The van der Waals surface area contributed by atoms with Crippen LogP contribution < -0.4 is 10.3 Å². The highest BCUT2D eigenvalue weighted by Gasteiger charge is 2.20. The normalized spacial score (nSPS) is 14.2. The maximum absolute atomic E-state index is 12.5. The van der Waals surface area contributed by atoms with Crippen LogP contribution in [0.25, 0.3) is 0 Å². The van der Waals surface area contributed by atoms with Crippen LogP contribution in [-0.4, -0.2) is 59.2 Å². The van der Waals surface area contributed by atoms with Crippen molar-refractivity contribution in [2.45, 2.75) is 0 Å². The van der Waals surface area contributed by atoms with Crippen molar-refractivity contribution in [1.29, 1.82) is 0 Å². The van der Waals surface area contributed by atoms with Crippen LogP contribution >= 0.6 is 0 Å². The second-order valence-electron chi connectivity index (χ2n) is 7.04. The van der Waals surface area contributed by atoms with E-state index in [-0.39, 0.29) is 5.91 Å². The molecule has 4 rings (SSSR count). The summed E-state index contributed by atoms with van der Waals surface area (Å²) in [6.45, 7) is 3.45. The van der Waals surface area contributed by atoms with E-state index in [0.717, 1.165) is 49.0 Å². The first-order valence-corrected chi connectivity index (χ1v) is 10.0. The van der Waals surface area contributed by atoms with Gasteiger partial charge in [0, 0.05) is 49.7 Å². The van der Waals surface area contributed by atoms with Crippen LogP contribution in [0.1, 0.15) is 11.1 Å². The molecule has 1 aromatic heterocycles. The summed E-state index contributed by atoms with van der Waals surface area (Å²) in [7, 11) is 0. The Bertz CT molecular complexity index is 929. The maximum Gasteiger partial charge on any atom is 0.254 e. The first-order valence-electron chi connectivity index (χ1n) is 10.0. The Morgan fingerprint density at radius 3 is 1.97 bits per heavy atom. The van der Waals surface area contributed by atoms with Gasteiger partial charge in [-0.15, -0.1) is 0 Å². The fourth-order valence-corrected chi connectivity index (χ4v) is 3.41. The van der Waals surface area contributed by atoms with Crippen molar-refractivity contribution < 1.29 is 4.79 Å². The summed E-state index contributed by atoms with van der Waals surface area (Å²) in [5.41, 5.74) is 5.40. The van der Waals surface area contributed by atoms with Crippen LogP contribution in [0.4, 0.5) is 5.95 Å². The Labute approximate surface area is 176 Å². The van der Waals surface area contributed by atoms with E-state index in [1.807, 2.05) is 66.7 Å². The molecule has 0 saturated carbocycles. The van der Waals surface area contributed by atoms with Gasteiger partial charge in [-0.25, -0.2) is 15.4 Å². The standard InChI is InChI=1S/C23H24N6O/c30-21(18-28-14-16-29(17-15-28)23-24-12-7-13-25-23)26-27-22(19-8-3-1-4-9-19)20-10-5-2-6-11-20/h1-13H,14-18H2,(H,26,30). The van der Waals surface area contributed by atoms with Crippen molar-refractivity contribution in [2.24, 2.45) is 5.10 Å². The van der Waals surface area contributed by atoms with Crippen molar-refractivity contribution in [3.63, 3.8) is 0 Å². The van der Waals surface area contributed by atoms with E-state index < -0.39 is 0 Å². The van der Waals surface area contributed by atoms with E-state index in [2.05, 4.69) is 30.3 Å². The van der Waals surface area contributed by atoms with Gasteiger partial charge in [-0.2, -0.15) is 5.10 Å². The molecule has 1 saturated heterocycles. The zero-order valence-corrected chi connectivity index (χ0v) is 16.7. The first kappa shape index (κ1) is 19.7. The van der Waals surface area contributed by atoms with Crippen molar-refractivity contribution >= 4 is 17.6 Å². The number of hydrogen-bond donors (Lipinski definition) is 1. The van der Waals surface area contributed by atoms with Gasteiger partial charge in [-0.3, -0.25) is 9.69 Å². The molecule has 1 aliphatic rings. The lowest BCUT2D eigenvalue weighted by atomic mass is 10.0. The van der Waals surface area contributed by atoms with E-state index in [1.165, 1.54) is 0 Å². The first-order chi connectivity index (χ1) is 14.8. The summed E-state index contributed by atoms with van der Waals surface area (Å²) in [5, 5.41) is 4.45. The quantitative estimate of drug-likeness (QED) is 0.507. The molecule has 152 valence electrons. The molecule has 0 atom stereocenters. The monoisotopic (exact) mass is 400 g/mol. The smallest absolute Gasteiger partial charge is 0.254 e. The molecule has 0 spiro atoms. The molecule has 0 radical (unpaired) electrons. The second-order valence-corrected chi connectivity index (χ2v) is 7.04. The van der Waals surface area contributed by atoms with E-state index in [4.69, 9.17) is 0 Å². The number of aromatic nitrogens is 2. The number of piperazine rings is 1. The van der Waals surface area contributed by atoms with Gasteiger partial charge in [-0.1, -0.05) is 60.7 Å². The minimum atomic E-state index is -0.122. The predicted octanol–water partition coefficient (Wildman–Crippen LogP) is 2.17. The zero-order chi connectivity index (χ0) is 20.6. The summed E-state index contributed by atoms with van der Waals surface area (Å²) in [5.74, 6) is 0.616. The van der Waals surface area contributed by atoms with Gasteiger partial charge >= 0.3 is 0 Å². The summed E-state index contributed by atoms with van der Waals surface area (Å²) in [4.78, 5) is 25.4. The third-order valence-corrected chi connectivity index (χ3v) is 4.96. The molecule has 3 aromatic rings. The predicted molar refractivity (Wildman–Crippen MR) is 117 cm³/mol. The lowest BCUT2D eigenvalue weighted by Gasteiger charge is -2.34. The van der Waals surface area contributed by atoms with Crippen molar-refractivity contribution in [2.75, 3.05) is 37.6 Å². The molecule has 2 heterocycles. The number of amides is 1. The SMILES string of the molecule is O=C(CN1CCN(c2ncccn2)CC1)NN=C(c1ccccc1)c1ccccc1. The number of carbonyl (C=O) groups excluding carboxylic acids is 1. The summed E-state index contributed by atoms with van der Waals surface area (Å²) in [6, 6.07) is 21.5. The van der Waals surface area contributed by atoms with Gasteiger partial charge < -0.3 is 4.90 Å². The average Bonchev–Trinajstić information content (AvgIpc) is 2.82. The molecule has 0 unspecified atom stereocenters. The van der Waals surface area contributed by atoms with Crippen LogP contribution in [0.15, 0.2) is 84.2 Å². The molecule has 1 N–H and O–H groups in total. The highest BCUT2D eigenvalue weighted by Crippen LogP contribution is 2.11. The molecule has 30 heavy (non-hydrogen) atoms. The summed E-state index contributed by atoms with van der Waals surface area (Å²) in [6.07, 6.45) is 3.49. The third kappa shape index (κ3) is 5.07. The van der Waals surface area contributed by atoms with Crippen molar-refractivity contribution in [3.05, 3.63) is 90.3 Å². The Morgan fingerprint density at radius 2 is 1.40 bits per heavy atom. The summed E-state index contributed by atoms with van der Waals surface area (Å²) < 4.78 is 0. The third-order valence-electron chi connectivity index (χ3n) is 4.96. The topological polar surface area (TPSA) is 73.7 Å². The molecule has 0 bridgehead atoms. The van der Waals surface area contributed by atoms with Gasteiger partial charge in [0.2, 0.25) is 5.95 Å². The fraction of sp³-hybridized carbons (Fsp3) is 0.217. The molecular formula is C23H24N6O. The van der Waals surface area contributed by atoms with Gasteiger partial charge in [0.15, 0.2) is 0 Å². The number of benzene rings is 2. The average molecular weight is 400 g/mol. The highest BCUT2D eigenvalue weighted by molar-refractivity contribution is 6.13. The number of anilines is 1. The lowest BCUT2D eigenvalue weighted by Crippen LogP contribution is -2.49. The molecule has 1 amide bonds. The molecule has 1 aliphatic heterocycles. The van der Waals surface area contributed by atoms with Crippen LogP contribution in [0.2, 0.25) is 0 Å². The highest BCUT2D eigenvalue weighted by atomic mass is 16.2. The van der Waals surface area contributed by atoms with Crippen LogP contribution in [0.3, 0.4) is 0 Å². The number of hydrogen-bond acceptors (Lipinski definition) is 6.